The summed E-state index contributed by atoms with van der Waals surface area (Å²) in [4.78, 5) is 6.51. The molecule has 1 rings (SSSR count). The lowest BCUT2D eigenvalue weighted by Crippen LogP contribution is -2.36. The van der Waals surface area contributed by atoms with Gasteiger partial charge in [0, 0.05) is 19.5 Å². The van der Waals surface area contributed by atoms with E-state index in [-0.39, 0.29) is 17.4 Å². The maximum absolute atomic E-state index is 12.1. The van der Waals surface area contributed by atoms with E-state index in [1.807, 2.05) is 0 Å². The molecule has 0 fully saturated rings. The van der Waals surface area contributed by atoms with Crippen LogP contribution in [0.3, 0.4) is 0 Å². The van der Waals surface area contributed by atoms with E-state index in [2.05, 4.69) is 15.1 Å². The molecule has 1 heterocycles. The minimum absolute atomic E-state index is 0.0159. The molecule has 0 saturated carbocycles. The van der Waals surface area contributed by atoms with Gasteiger partial charge in [-0.1, -0.05) is 12.1 Å². The van der Waals surface area contributed by atoms with Crippen LogP contribution in [0.15, 0.2) is 16.4 Å². The van der Waals surface area contributed by atoms with E-state index in [9.17, 15) is 8.42 Å². The van der Waals surface area contributed by atoms with Crippen molar-refractivity contribution in [1.82, 2.24) is 14.3 Å². The summed E-state index contributed by atoms with van der Waals surface area (Å²) in [6.07, 6.45) is 1.26. The predicted octanol–water partition coefficient (Wildman–Crippen LogP) is -0.279. The molecule has 1 unspecified atom stereocenters. The Morgan fingerprint density at radius 3 is 2.78 bits per heavy atom. The lowest BCUT2D eigenvalue weighted by atomic mass is 10.2. The first-order valence-electron chi connectivity index (χ1n) is 5.24. The van der Waals surface area contributed by atoms with Crippen LogP contribution < -0.4 is 5.73 Å². The van der Waals surface area contributed by atoms with Crippen molar-refractivity contribution < 1.29 is 13.6 Å². The van der Waals surface area contributed by atoms with Crippen molar-refractivity contribution in [3.05, 3.63) is 12.0 Å². The van der Waals surface area contributed by atoms with Gasteiger partial charge < -0.3 is 15.9 Å². The van der Waals surface area contributed by atoms with Crippen molar-refractivity contribution in [2.45, 2.75) is 18.9 Å². The monoisotopic (exact) mass is 275 g/mol. The van der Waals surface area contributed by atoms with Gasteiger partial charge in [0.15, 0.2) is 5.03 Å². The van der Waals surface area contributed by atoms with Crippen molar-refractivity contribution in [2.24, 2.45) is 16.8 Å². The molecule has 0 radical (unpaired) electrons. The van der Waals surface area contributed by atoms with Crippen molar-refractivity contribution in [1.29, 1.82) is 0 Å². The normalized spacial score (nSPS) is 15.0. The number of rotatable bonds is 5. The van der Waals surface area contributed by atoms with E-state index in [0.717, 1.165) is 4.31 Å². The van der Waals surface area contributed by atoms with Gasteiger partial charge in [-0.3, -0.25) is 0 Å². The summed E-state index contributed by atoms with van der Waals surface area (Å²) in [5, 5.41) is 11.4. The van der Waals surface area contributed by atoms with Crippen molar-refractivity contribution in [3.8, 4) is 0 Å². The average Bonchev–Trinajstić information content (AvgIpc) is 2.75. The van der Waals surface area contributed by atoms with Gasteiger partial charge in [-0.05, 0) is 6.92 Å². The van der Waals surface area contributed by atoms with Crippen LogP contribution in [0.5, 0.6) is 0 Å². The highest BCUT2D eigenvalue weighted by Crippen LogP contribution is 2.13. The molecule has 8 nitrogen and oxygen atoms in total. The highest BCUT2D eigenvalue weighted by molar-refractivity contribution is 7.89. The molecule has 1 aromatic heterocycles. The molecule has 0 aliphatic carbocycles. The number of nitrogens with one attached hydrogen (secondary N) is 1. The van der Waals surface area contributed by atoms with Gasteiger partial charge >= 0.3 is 0 Å². The fourth-order valence-electron chi connectivity index (χ4n) is 1.37. The third-order valence-electron chi connectivity index (χ3n) is 2.52. The second kappa shape index (κ2) is 5.36. The molecular formula is C9H17N5O3S. The molecule has 102 valence electrons. The van der Waals surface area contributed by atoms with Gasteiger partial charge in [0.25, 0.3) is 10.0 Å². The molecule has 0 aliphatic rings. The van der Waals surface area contributed by atoms with E-state index in [1.165, 1.54) is 13.2 Å². The van der Waals surface area contributed by atoms with E-state index in [1.54, 1.807) is 13.8 Å². The van der Waals surface area contributed by atoms with Gasteiger partial charge in [-0.2, -0.15) is 4.31 Å². The van der Waals surface area contributed by atoms with Crippen molar-refractivity contribution in [3.63, 3.8) is 0 Å². The lowest BCUT2D eigenvalue weighted by molar-refractivity contribution is 0.312. The summed E-state index contributed by atoms with van der Waals surface area (Å²) in [5.74, 6) is 0.114. The van der Waals surface area contributed by atoms with Crippen LogP contribution in [-0.4, -0.2) is 47.3 Å². The summed E-state index contributed by atoms with van der Waals surface area (Å²) in [5.41, 5.74) is 5.41. The molecule has 0 aliphatic heterocycles. The Labute approximate surface area is 106 Å². The van der Waals surface area contributed by atoms with Crippen LogP contribution in [0.4, 0.5) is 0 Å². The number of sulfonamides is 1. The fourth-order valence-corrected chi connectivity index (χ4v) is 2.59. The second-order valence-corrected chi connectivity index (χ2v) is 6.06. The quantitative estimate of drug-likeness (QED) is 0.295. The summed E-state index contributed by atoms with van der Waals surface area (Å²) >= 11 is 0. The highest BCUT2D eigenvalue weighted by Gasteiger charge is 2.25. The third-order valence-corrected chi connectivity index (χ3v) is 4.25. The van der Waals surface area contributed by atoms with Gasteiger partial charge in [-0.15, -0.1) is 0 Å². The van der Waals surface area contributed by atoms with Crippen LogP contribution >= 0.6 is 0 Å². The summed E-state index contributed by atoms with van der Waals surface area (Å²) in [6.45, 7) is 3.44. The maximum Gasteiger partial charge on any atom is 0.259 e. The molecule has 0 amide bonds. The van der Waals surface area contributed by atoms with Gasteiger partial charge in [0.2, 0.25) is 0 Å². The number of aromatic amines is 1. The third kappa shape index (κ3) is 2.99. The van der Waals surface area contributed by atoms with Crippen LogP contribution in [0.1, 0.15) is 12.7 Å². The van der Waals surface area contributed by atoms with Crippen LogP contribution in [0.2, 0.25) is 0 Å². The van der Waals surface area contributed by atoms with Gasteiger partial charge in [-0.25, -0.2) is 13.4 Å². The molecule has 1 atom stereocenters. The van der Waals surface area contributed by atoms with E-state index >= 15 is 0 Å². The number of imidazole rings is 1. The van der Waals surface area contributed by atoms with E-state index < -0.39 is 15.9 Å². The number of amidine groups is 1. The maximum atomic E-state index is 12.1. The van der Waals surface area contributed by atoms with Crippen molar-refractivity contribution in [2.75, 3.05) is 13.6 Å². The Bertz CT molecular complexity index is 536. The molecule has 18 heavy (non-hydrogen) atoms. The van der Waals surface area contributed by atoms with Crippen molar-refractivity contribution >= 4 is 15.9 Å². The number of nitrogens with zero attached hydrogens (tertiary/aromatic N) is 3. The summed E-state index contributed by atoms with van der Waals surface area (Å²) in [6, 6.07) is 0. The van der Waals surface area contributed by atoms with Crippen LogP contribution in [0.25, 0.3) is 0 Å². The molecule has 0 bridgehead atoms. The zero-order valence-corrected chi connectivity index (χ0v) is 11.3. The Morgan fingerprint density at radius 2 is 2.33 bits per heavy atom. The molecule has 4 N–H and O–H groups in total. The van der Waals surface area contributed by atoms with Gasteiger partial charge in [0.1, 0.15) is 11.7 Å². The topological polar surface area (TPSA) is 125 Å². The van der Waals surface area contributed by atoms with Gasteiger partial charge in [0.05, 0.1) is 6.20 Å². The summed E-state index contributed by atoms with van der Waals surface area (Å²) < 4.78 is 25.3. The zero-order valence-electron chi connectivity index (χ0n) is 10.5. The standard InChI is InChI=1S/C9H17N5O3S/c1-6(9(10)13-15)5-14(3)18(16,17)8-4-11-7(2)12-8/h4,6,15H,5H2,1-3H3,(H2,10,13)(H,11,12). The Kier molecular flexibility index (Phi) is 4.30. The van der Waals surface area contributed by atoms with Crippen LogP contribution in [0, 0.1) is 12.8 Å². The first-order chi connectivity index (χ1) is 8.28. The van der Waals surface area contributed by atoms with E-state index in [4.69, 9.17) is 10.9 Å². The minimum atomic E-state index is -3.63. The average molecular weight is 275 g/mol. The molecule has 9 heteroatoms. The van der Waals surface area contributed by atoms with E-state index in [0.29, 0.717) is 5.82 Å². The first kappa shape index (κ1) is 14.5. The number of aromatic nitrogens is 2. The van der Waals surface area contributed by atoms with Crippen LogP contribution in [-0.2, 0) is 10.0 Å². The number of oxime groups is 1. The molecular weight excluding hydrogens is 258 g/mol. The Balaban J connectivity index is 2.87. The predicted molar refractivity (Wildman–Crippen MR) is 65.7 cm³/mol. The fraction of sp³-hybridized carbons (Fsp3) is 0.556. The Morgan fingerprint density at radius 1 is 1.72 bits per heavy atom. The molecule has 0 spiro atoms. The number of hydrogen-bond donors (Lipinski definition) is 3. The zero-order chi connectivity index (χ0) is 13.9. The number of hydrogen-bond acceptors (Lipinski definition) is 5. The molecule has 0 saturated heterocycles. The minimum Gasteiger partial charge on any atom is -0.409 e. The SMILES string of the molecule is Cc1ncc(S(=O)(=O)N(C)CC(C)C(N)=NO)[nH]1. The molecule has 1 aromatic rings. The number of H-pyrrole nitrogens is 1. The second-order valence-electron chi connectivity index (χ2n) is 4.04. The lowest BCUT2D eigenvalue weighted by Gasteiger charge is -2.19. The smallest absolute Gasteiger partial charge is 0.259 e. The summed E-state index contributed by atoms with van der Waals surface area (Å²) in [7, 11) is -2.21. The first-order valence-corrected chi connectivity index (χ1v) is 6.68. The number of aryl methyl sites for hydroxylation is 1. The largest absolute Gasteiger partial charge is 0.409 e. The number of nitrogens with two attached hydrogens (primary N) is 1. The molecule has 0 aromatic carbocycles. The highest BCUT2D eigenvalue weighted by atomic mass is 32.2. The Hall–Kier alpha value is -1.61.